The minimum Gasteiger partial charge on any atom is -0.496 e. The van der Waals surface area contributed by atoms with Crippen molar-refractivity contribution in [3.8, 4) is 33.4 Å². The molecule has 8 nitrogen and oxygen atoms in total. The van der Waals surface area contributed by atoms with Crippen LogP contribution in [0.25, 0.3) is 27.6 Å². The van der Waals surface area contributed by atoms with Gasteiger partial charge in [-0.2, -0.15) is 5.10 Å². The topological polar surface area (TPSA) is 86.9 Å². The number of nitrogens with zero attached hydrogens (tertiary/aromatic N) is 5. The summed E-state index contributed by atoms with van der Waals surface area (Å²) in [6, 6.07) is 17.2. The van der Waals surface area contributed by atoms with Crippen LogP contribution in [0.4, 0.5) is 5.13 Å². The van der Waals surface area contributed by atoms with Gasteiger partial charge in [0.05, 0.1) is 28.9 Å². The summed E-state index contributed by atoms with van der Waals surface area (Å²) in [7, 11) is 3.53. The van der Waals surface area contributed by atoms with Crippen molar-refractivity contribution in [2.75, 3.05) is 12.4 Å². The molecular formula is C25H22N6O2S. The van der Waals surface area contributed by atoms with Gasteiger partial charge < -0.3 is 9.30 Å². The molecular weight excluding hydrogens is 448 g/mol. The number of imidazole rings is 1. The fourth-order valence-corrected chi connectivity index (χ4v) is 4.70. The molecule has 0 spiro atoms. The first-order valence-electron chi connectivity index (χ1n) is 10.6. The summed E-state index contributed by atoms with van der Waals surface area (Å²) in [6.07, 6.45) is 5.35. The summed E-state index contributed by atoms with van der Waals surface area (Å²) in [4.78, 5) is 23.3. The molecule has 1 amide bonds. The van der Waals surface area contributed by atoms with Crippen molar-refractivity contribution < 1.29 is 9.53 Å². The van der Waals surface area contributed by atoms with E-state index < -0.39 is 0 Å². The number of hydrogen-bond donors (Lipinski definition) is 1. The van der Waals surface area contributed by atoms with Gasteiger partial charge in [-0.3, -0.25) is 10.1 Å². The lowest BCUT2D eigenvalue weighted by atomic mass is 10.1. The summed E-state index contributed by atoms with van der Waals surface area (Å²) < 4.78 is 9.16. The third-order valence-corrected chi connectivity index (χ3v) is 6.45. The molecule has 0 aliphatic rings. The number of benzene rings is 2. The number of methoxy groups -OCH3 is 1. The first-order valence-corrected chi connectivity index (χ1v) is 11.4. The van der Waals surface area contributed by atoms with Crippen molar-refractivity contribution in [1.29, 1.82) is 0 Å². The SMILES string of the molecule is COc1ccccc1-c1nn(-c2ccccc2)cc1C(=O)Nc1nc(C)c(-c2nccn2C)s1. The molecule has 0 aliphatic carbocycles. The van der Waals surface area contributed by atoms with Gasteiger partial charge in [-0.15, -0.1) is 0 Å². The Morgan fingerprint density at radius 3 is 2.59 bits per heavy atom. The van der Waals surface area contributed by atoms with Gasteiger partial charge in [-0.1, -0.05) is 41.7 Å². The quantitative estimate of drug-likeness (QED) is 0.379. The number of aryl methyl sites for hydroxylation is 2. The maximum Gasteiger partial charge on any atom is 0.261 e. The lowest BCUT2D eigenvalue weighted by Crippen LogP contribution is -2.12. The van der Waals surface area contributed by atoms with Crippen LogP contribution >= 0.6 is 11.3 Å². The average molecular weight is 471 g/mol. The lowest BCUT2D eigenvalue weighted by molar-refractivity contribution is 0.102. The first-order chi connectivity index (χ1) is 16.5. The van der Waals surface area contributed by atoms with Gasteiger partial charge in [0, 0.05) is 31.2 Å². The van der Waals surface area contributed by atoms with E-state index in [2.05, 4.69) is 15.3 Å². The molecule has 9 heteroatoms. The van der Waals surface area contributed by atoms with Crippen LogP contribution in [0.15, 0.2) is 73.2 Å². The van der Waals surface area contributed by atoms with Crippen molar-refractivity contribution in [2.45, 2.75) is 6.92 Å². The van der Waals surface area contributed by atoms with E-state index in [1.807, 2.05) is 79.3 Å². The first kappa shape index (κ1) is 21.6. The summed E-state index contributed by atoms with van der Waals surface area (Å²) in [5.74, 6) is 1.14. The molecule has 170 valence electrons. The number of hydrogen-bond acceptors (Lipinski definition) is 6. The Bertz CT molecular complexity index is 1470. The van der Waals surface area contributed by atoms with E-state index in [1.165, 1.54) is 11.3 Å². The van der Waals surface area contributed by atoms with Crippen LogP contribution in [0.1, 0.15) is 16.1 Å². The number of ether oxygens (including phenoxy) is 1. The number of carbonyl (C=O) groups excluding carboxylic acids is 1. The molecule has 0 radical (unpaired) electrons. The standard InChI is InChI=1S/C25H22N6O2S/c1-16-22(23-26-13-14-30(23)2)34-25(27-16)28-24(32)19-15-31(17-9-5-4-6-10-17)29-21(19)18-11-7-8-12-20(18)33-3/h4-15H,1-3H3,(H,27,28,32). The molecule has 0 aliphatic heterocycles. The highest BCUT2D eigenvalue weighted by molar-refractivity contribution is 7.19. The molecule has 2 aromatic carbocycles. The number of para-hydroxylation sites is 2. The zero-order valence-electron chi connectivity index (χ0n) is 18.9. The molecule has 0 unspecified atom stereocenters. The normalized spacial score (nSPS) is 10.9. The Labute approximate surface area is 200 Å². The van der Waals surface area contributed by atoms with Gasteiger partial charge in [0.1, 0.15) is 11.4 Å². The van der Waals surface area contributed by atoms with Crippen molar-refractivity contribution in [2.24, 2.45) is 7.05 Å². The maximum absolute atomic E-state index is 13.5. The number of anilines is 1. The summed E-state index contributed by atoms with van der Waals surface area (Å²) >= 11 is 1.39. The Hall–Kier alpha value is -4.24. The van der Waals surface area contributed by atoms with E-state index in [4.69, 9.17) is 9.84 Å². The van der Waals surface area contributed by atoms with Gasteiger partial charge >= 0.3 is 0 Å². The van der Waals surface area contributed by atoms with Crippen molar-refractivity contribution >= 4 is 22.4 Å². The number of nitrogens with one attached hydrogen (secondary N) is 1. The lowest BCUT2D eigenvalue weighted by Gasteiger charge is -2.07. The summed E-state index contributed by atoms with van der Waals surface area (Å²) in [6.45, 7) is 1.91. The molecule has 3 heterocycles. The van der Waals surface area contributed by atoms with Gasteiger partial charge in [0.15, 0.2) is 11.0 Å². The number of thiazole rings is 1. The number of amides is 1. The predicted molar refractivity (Wildman–Crippen MR) is 133 cm³/mol. The van der Waals surface area contributed by atoms with Crippen LogP contribution in [0, 0.1) is 6.92 Å². The second-order valence-corrected chi connectivity index (χ2v) is 8.62. The molecule has 3 aromatic heterocycles. The Morgan fingerprint density at radius 1 is 1.09 bits per heavy atom. The molecule has 0 atom stereocenters. The van der Waals surface area contributed by atoms with E-state index >= 15 is 0 Å². The molecule has 0 saturated carbocycles. The van der Waals surface area contributed by atoms with Gasteiger partial charge in [0.25, 0.3) is 5.91 Å². The van der Waals surface area contributed by atoms with Gasteiger partial charge in [-0.25, -0.2) is 14.6 Å². The van der Waals surface area contributed by atoms with Crippen LogP contribution in [0.5, 0.6) is 5.75 Å². The average Bonchev–Trinajstić information content (AvgIpc) is 3.58. The predicted octanol–water partition coefficient (Wildman–Crippen LogP) is 4.97. The fraction of sp³-hybridized carbons (Fsp3) is 0.120. The molecule has 5 aromatic rings. The van der Waals surface area contributed by atoms with Crippen LogP contribution in [-0.4, -0.2) is 37.3 Å². The zero-order valence-corrected chi connectivity index (χ0v) is 19.7. The maximum atomic E-state index is 13.5. The highest BCUT2D eigenvalue weighted by atomic mass is 32.1. The minimum absolute atomic E-state index is 0.303. The summed E-state index contributed by atoms with van der Waals surface area (Å²) in [5.41, 5.74) is 3.32. The zero-order chi connectivity index (χ0) is 23.7. The number of carbonyl (C=O) groups is 1. The minimum atomic E-state index is -0.303. The Morgan fingerprint density at radius 2 is 1.85 bits per heavy atom. The molecule has 5 rings (SSSR count). The second kappa shape index (κ2) is 8.95. The van der Waals surface area contributed by atoms with E-state index in [-0.39, 0.29) is 5.91 Å². The molecule has 1 N–H and O–H groups in total. The van der Waals surface area contributed by atoms with E-state index in [1.54, 1.807) is 24.2 Å². The monoisotopic (exact) mass is 470 g/mol. The number of rotatable bonds is 6. The van der Waals surface area contributed by atoms with E-state index in [0.717, 1.165) is 27.6 Å². The number of aromatic nitrogens is 5. The fourth-order valence-electron chi connectivity index (χ4n) is 3.70. The van der Waals surface area contributed by atoms with Gasteiger partial charge in [-0.05, 0) is 31.2 Å². The molecule has 34 heavy (non-hydrogen) atoms. The van der Waals surface area contributed by atoms with E-state index in [0.29, 0.717) is 22.1 Å². The van der Waals surface area contributed by atoms with Gasteiger partial charge in [0.2, 0.25) is 0 Å². The second-order valence-electron chi connectivity index (χ2n) is 7.62. The van der Waals surface area contributed by atoms with Crippen LogP contribution in [-0.2, 0) is 7.05 Å². The van der Waals surface area contributed by atoms with Crippen molar-refractivity contribution in [3.63, 3.8) is 0 Å². The molecule has 0 saturated heterocycles. The summed E-state index contributed by atoms with van der Waals surface area (Å²) in [5, 5.41) is 8.19. The Kier molecular flexibility index (Phi) is 5.69. The third-order valence-electron chi connectivity index (χ3n) is 5.38. The molecule has 0 fully saturated rings. The highest BCUT2D eigenvalue weighted by Crippen LogP contribution is 2.34. The third kappa shape index (κ3) is 3.97. The van der Waals surface area contributed by atoms with Crippen LogP contribution in [0.3, 0.4) is 0 Å². The Balaban J connectivity index is 1.54. The van der Waals surface area contributed by atoms with E-state index in [9.17, 15) is 4.79 Å². The molecule has 0 bridgehead atoms. The van der Waals surface area contributed by atoms with Crippen molar-refractivity contribution in [1.82, 2.24) is 24.3 Å². The largest absolute Gasteiger partial charge is 0.496 e. The highest BCUT2D eigenvalue weighted by Gasteiger charge is 2.23. The van der Waals surface area contributed by atoms with Crippen LogP contribution < -0.4 is 10.1 Å². The van der Waals surface area contributed by atoms with Crippen molar-refractivity contribution in [3.05, 3.63) is 84.4 Å². The smallest absolute Gasteiger partial charge is 0.261 e. The van der Waals surface area contributed by atoms with Crippen LogP contribution in [0.2, 0.25) is 0 Å².